The summed E-state index contributed by atoms with van der Waals surface area (Å²) in [4.78, 5) is 32.2. The first-order chi connectivity index (χ1) is 11.5. The highest BCUT2D eigenvalue weighted by atomic mass is 16.5. The number of aryl methyl sites for hydroxylation is 1. The molecule has 126 valence electrons. The molecule has 1 aliphatic rings. The molecule has 0 spiro atoms. The molecule has 0 radical (unpaired) electrons. The highest BCUT2D eigenvalue weighted by Crippen LogP contribution is 2.29. The Balaban J connectivity index is 1.77. The lowest BCUT2D eigenvalue weighted by atomic mass is 10.1. The van der Waals surface area contributed by atoms with Gasteiger partial charge in [-0.25, -0.2) is 0 Å². The SMILES string of the molecule is Cc1nc(CN(C)C(C)C(=O)N2CC(=O)Nc3ccccc32)no1. The van der Waals surface area contributed by atoms with Gasteiger partial charge in [0.25, 0.3) is 0 Å². The van der Waals surface area contributed by atoms with Crippen LogP contribution in [0.3, 0.4) is 0 Å². The third-order valence-corrected chi connectivity index (χ3v) is 4.02. The van der Waals surface area contributed by atoms with Crippen molar-refractivity contribution in [3.05, 3.63) is 36.0 Å². The van der Waals surface area contributed by atoms with E-state index in [9.17, 15) is 9.59 Å². The van der Waals surface area contributed by atoms with Gasteiger partial charge in [0.05, 0.1) is 24.0 Å². The summed E-state index contributed by atoms with van der Waals surface area (Å²) in [6, 6.07) is 6.82. The van der Waals surface area contributed by atoms with Gasteiger partial charge in [-0.3, -0.25) is 19.4 Å². The third kappa shape index (κ3) is 3.13. The van der Waals surface area contributed by atoms with Crippen molar-refractivity contribution in [2.24, 2.45) is 0 Å². The molecule has 1 unspecified atom stereocenters. The fraction of sp³-hybridized carbons (Fsp3) is 0.375. The van der Waals surface area contributed by atoms with Crippen LogP contribution in [0.2, 0.25) is 0 Å². The fourth-order valence-corrected chi connectivity index (χ4v) is 2.61. The standard InChI is InChI=1S/C16H19N5O3/c1-10(20(3)8-14-17-11(2)24-19-14)16(23)21-9-15(22)18-12-6-4-5-7-13(12)21/h4-7,10H,8-9H2,1-3H3,(H,18,22). The van der Waals surface area contributed by atoms with Gasteiger partial charge in [0.2, 0.25) is 17.7 Å². The van der Waals surface area contributed by atoms with Crippen LogP contribution in [0.1, 0.15) is 18.6 Å². The van der Waals surface area contributed by atoms with Gasteiger partial charge < -0.3 is 9.84 Å². The largest absolute Gasteiger partial charge is 0.340 e. The molecule has 1 aromatic heterocycles. The molecular formula is C16H19N5O3. The van der Waals surface area contributed by atoms with Crippen molar-refractivity contribution in [2.45, 2.75) is 26.4 Å². The minimum atomic E-state index is -0.442. The Morgan fingerprint density at radius 1 is 1.46 bits per heavy atom. The molecule has 8 nitrogen and oxygen atoms in total. The number of nitrogens with zero attached hydrogens (tertiary/aromatic N) is 4. The summed E-state index contributed by atoms with van der Waals surface area (Å²) in [5.74, 6) is 0.649. The van der Waals surface area contributed by atoms with Crippen molar-refractivity contribution in [3.63, 3.8) is 0 Å². The Hall–Kier alpha value is -2.74. The number of carbonyl (C=O) groups is 2. The highest BCUT2D eigenvalue weighted by Gasteiger charge is 2.31. The number of amides is 2. The zero-order valence-electron chi connectivity index (χ0n) is 13.8. The molecule has 24 heavy (non-hydrogen) atoms. The van der Waals surface area contributed by atoms with E-state index in [2.05, 4.69) is 15.5 Å². The van der Waals surface area contributed by atoms with E-state index in [-0.39, 0.29) is 18.4 Å². The monoisotopic (exact) mass is 329 g/mol. The number of hydrogen-bond acceptors (Lipinski definition) is 6. The van der Waals surface area contributed by atoms with E-state index in [1.54, 1.807) is 19.9 Å². The molecule has 0 saturated carbocycles. The molecular weight excluding hydrogens is 310 g/mol. The maximum absolute atomic E-state index is 12.9. The number of anilines is 2. The average Bonchev–Trinajstić information content (AvgIpc) is 2.97. The number of nitrogens with one attached hydrogen (secondary N) is 1. The molecule has 2 heterocycles. The van der Waals surface area contributed by atoms with Gasteiger partial charge in [-0.15, -0.1) is 0 Å². The summed E-state index contributed by atoms with van der Waals surface area (Å²) in [6.07, 6.45) is 0. The summed E-state index contributed by atoms with van der Waals surface area (Å²) < 4.78 is 4.95. The predicted octanol–water partition coefficient (Wildman–Crippen LogP) is 1.18. The number of carbonyl (C=O) groups excluding carboxylic acids is 2. The number of fused-ring (bicyclic) bond motifs is 1. The maximum atomic E-state index is 12.9. The minimum absolute atomic E-state index is 0.00927. The van der Waals surface area contributed by atoms with Crippen LogP contribution in [-0.2, 0) is 16.1 Å². The second-order valence-electron chi connectivity index (χ2n) is 5.81. The first kappa shape index (κ1) is 16.1. The summed E-state index contributed by atoms with van der Waals surface area (Å²) >= 11 is 0. The fourth-order valence-electron chi connectivity index (χ4n) is 2.61. The van der Waals surface area contributed by atoms with Crippen LogP contribution in [0.5, 0.6) is 0 Å². The number of benzene rings is 1. The molecule has 3 rings (SSSR count). The van der Waals surface area contributed by atoms with E-state index in [4.69, 9.17) is 4.52 Å². The Kier molecular flexibility index (Phi) is 4.30. The van der Waals surface area contributed by atoms with Crippen LogP contribution >= 0.6 is 0 Å². The normalized spacial score (nSPS) is 15.2. The van der Waals surface area contributed by atoms with Gasteiger partial charge in [-0.2, -0.15) is 4.98 Å². The first-order valence-corrected chi connectivity index (χ1v) is 7.65. The number of para-hydroxylation sites is 2. The minimum Gasteiger partial charge on any atom is -0.340 e. The number of likely N-dealkylation sites (N-methyl/N-ethyl adjacent to an activating group) is 1. The number of hydrogen-bond donors (Lipinski definition) is 1. The zero-order chi connectivity index (χ0) is 17.3. The molecule has 1 aromatic carbocycles. The molecule has 0 aliphatic carbocycles. The van der Waals surface area contributed by atoms with Crippen LogP contribution < -0.4 is 10.2 Å². The molecule has 2 aromatic rings. The van der Waals surface area contributed by atoms with Gasteiger partial charge in [0.1, 0.15) is 6.54 Å². The summed E-state index contributed by atoms with van der Waals surface area (Å²) in [5.41, 5.74) is 1.35. The second-order valence-corrected chi connectivity index (χ2v) is 5.81. The van der Waals surface area contributed by atoms with Crippen LogP contribution in [0.15, 0.2) is 28.8 Å². The smallest absolute Gasteiger partial charge is 0.244 e. The number of rotatable bonds is 4. The molecule has 1 N–H and O–H groups in total. The van der Waals surface area contributed by atoms with E-state index < -0.39 is 6.04 Å². The summed E-state index contributed by atoms with van der Waals surface area (Å²) in [5, 5.41) is 6.62. The Morgan fingerprint density at radius 2 is 2.21 bits per heavy atom. The van der Waals surface area contributed by atoms with E-state index in [1.807, 2.05) is 30.1 Å². The molecule has 0 bridgehead atoms. The van der Waals surface area contributed by atoms with Gasteiger partial charge >= 0.3 is 0 Å². The molecule has 1 atom stereocenters. The lowest BCUT2D eigenvalue weighted by Crippen LogP contribution is -2.50. The first-order valence-electron chi connectivity index (χ1n) is 7.65. The Labute approximate surface area is 139 Å². The highest BCUT2D eigenvalue weighted by molar-refractivity contribution is 6.11. The Bertz CT molecular complexity index is 773. The zero-order valence-corrected chi connectivity index (χ0v) is 13.8. The van der Waals surface area contributed by atoms with Gasteiger partial charge in [0, 0.05) is 6.92 Å². The van der Waals surface area contributed by atoms with Crippen LogP contribution in [0, 0.1) is 6.92 Å². The molecule has 0 saturated heterocycles. The second kappa shape index (κ2) is 6.40. The van der Waals surface area contributed by atoms with Crippen molar-refractivity contribution in [1.82, 2.24) is 15.0 Å². The van der Waals surface area contributed by atoms with E-state index in [0.717, 1.165) is 0 Å². The molecule has 8 heteroatoms. The topological polar surface area (TPSA) is 91.6 Å². The van der Waals surface area contributed by atoms with Crippen molar-refractivity contribution in [2.75, 3.05) is 23.8 Å². The van der Waals surface area contributed by atoms with Crippen molar-refractivity contribution < 1.29 is 14.1 Å². The van der Waals surface area contributed by atoms with Crippen LogP contribution in [0.4, 0.5) is 11.4 Å². The number of aromatic nitrogens is 2. The lowest BCUT2D eigenvalue weighted by Gasteiger charge is -2.33. The van der Waals surface area contributed by atoms with Crippen LogP contribution in [0.25, 0.3) is 0 Å². The lowest BCUT2D eigenvalue weighted by molar-refractivity contribution is -0.125. The van der Waals surface area contributed by atoms with Gasteiger partial charge in [-0.05, 0) is 26.1 Å². The molecule has 1 aliphatic heterocycles. The molecule has 0 fully saturated rings. The maximum Gasteiger partial charge on any atom is 0.244 e. The summed E-state index contributed by atoms with van der Waals surface area (Å²) in [6.45, 7) is 3.90. The van der Waals surface area contributed by atoms with Crippen molar-refractivity contribution >= 4 is 23.2 Å². The predicted molar refractivity (Wildman–Crippen MR) is 87.4 cm³/mol. The van der Waals surface area contributed by atoms with E-state index in [1.165, 1.54) is 4.90 Å². The third-order valence-electron chi connectivity index (χ3n) is 4.02. The Morgan fingerprint density at radius 3 is 2.92 bits per heavy atom. The van der Waals surface area contributed by atoms with Gasteiger partial charge in [0.15, 0.2) is 5.82 Å². The van der Waals surface area contributed by atoms with Crippen molar-refractivity contribution in [1.29, 1.82) is 0 Å². The van der Waals surface area contributed by atoms with Gasteiger partial charge in [-0.1, -0.05) is 17.3 Å². The average molecular weight is 329 g/mol. The van der Waals surface area contributed by atoms with Crippen molar-refractivity contribution in [3.8, 4) is 0 Å². The van der Waals surface area contributed by atoms with E-state index in [0.29, 0.717) is 29.6 Å². The summed E-state index contributed by atoms with van der Waals surface area (Å²) in [7, 11) is 1.81. The molecule has 2 amide bonds. The quantitative estimate of drug-likeness (QED) is 0.906. The van der Waals surface area contributed by atoms with E-state index >= 15 is 0 Å². The van der Waals surface area contributed by atoms with Crippen LogP contribution in [-0.4, -0.2) is 46.5 Å².